The van der Waals surface area contributed by atoms with Crippen molar-refractivity contribution in [2.45, 2.75) is 50.8 Å². The third kappa shape index (κ3) is 5.29. The molecule has 138 valence electrons. The van der Waals surface area contributed by atoms with Gasteiger partial charge in [-0.15, -0.1) is 0 Å². The molecule has 0 saturated carbocycles. The van der Waals surface area contributed by atoms with Crippen LogP contribution < -0.4 is 10.0 Å². The molecule has 1 unspecified atom stereocenters. The van der Waals surface area contributed by atoms with Crippen LogP contribution in [0.2, 0.25) is 0 Å². The van der Waals surface area contributed by atoms with Crippen molar-refractivity contribution in [2.75, 3.05) is 13.1 Å². The number of carbonyl (C=O) groups excluding carboxylic acids is 1. The van der Waals surface area contributed by atoms with E-state index in [1.165, 1.54) is 12.8 Å². The van der Waals surface area contributed by atoms with Crippen LogP contribution in [0.15, 0.2) is 34.2 Å². The maximum absolute atomic E-state index is 12.0. The predicted octanol–water partition coefficient (Wildman–Crippen LogP) is 2.45. The first-order chi connectivity index (χ1) is 12.0. The van der Waals surface area contributed by atoms with E-state index in [4.69, 9.17) is 0 Å². The van der Waals surface area contributed by atoms with Gasteiger partial charge in [0, 0.05) is 18.5 Å². The highest BCUT2D eigenvalue weighted by Crippen LogP contribution is 2.22. The molecule has 1 heterocycles. The van der Waals surface area contributed by atoms with Crippen molar-refractivity contribution in [3.63, 3.8) is 0 Å². The molecule has 7 heteroatoms. The summed E-state index contributed by atoms with van der Waals surface area (Å²) in [6.45, 7) is 5.26. The zero-order chi connectivity index (χ0) is 18.3. The Morgan fingerprint density at radius 1 is 1.28 bits per heavy atom. The molecule has 1 amide bonds. The van der Waals surface area contributed by atoms with Gasteiger partial charge >= 0.3 is 0 Å². The molecule has 0 aromatic heterocycles. The average Bonchev–Trinajstić information content (AvgIpc) is 2.86. The standard InChI is InChI=1S/C18H27N3O3S/c1-3-5-8-14(4-2)13-20-17(22)11-12-19-18-15-9-6-7-10-16(15)25(23,24)21-18/h6-7,9-10,14H,3-5,8,11-13H2,1-2H3,(H,19,21)(H,20,22). The molecule has 6 nitrogen and oxygen atoms in total. The molecule has 0 spiro atoms. The van der Waals surface area contributed by atoms with Gasteiger partial charge in [-0.25, -0.2) is 8.42 Å². The molecule has 1 aliphatic heterocycles. The number of hydrogen-bond acceptors (Lipinski definition) is 4. The molecule has 1 aromatic carbocycles. The summed E-state index contributed by atoms with van der Waals surface area (Å²) in [6, 6.07) is 6.71. The Morgan fingerprint density at radius 2 is 2.04 bits per heavy atom. The van der Waals surface area contributed by atoms with Crippen molar-refractivity contribution in [1.29, 1.82) is 0 Å². The lowest BCUT2D eigenvalue weighted by Crippen LogP contribution is -2.29. The molecular weight excluding hydrogens is 338 g/mol. The minimum Gasteiger partial charge on any atom is -0.356 e. The van der Waals surface area contributed by atoms with E-state index in [9.17, 15) is 13.2 Å². The molecule has 0 aliphatic carbocycles. The number of amides is 1. The predicted molar refractivity (Wildman–Crippen MR) is 99.1 cm³/mol. The number of carbonyl (C=O) groups is 1. The minimum absolute atomic E-state index is 0.0477. The van der Waals surface area contributed by atoms with Gasteiger partial charge < -0.3 is 5.32 Å². The van der Waals surface area contributed by atoms with Gasteiger partial charge in [0.2, 0.25) is 5.91 Å². The van der Waals surface area contributed by atoms with E-state index < -0.39 is 10.0 Å². The summed E-state index contributed by atoms with van der Waals surface area (Å²) in [6.07, 6.45) is 4.79. The lowest BCUT2D eigenvalue weighted by Gasteiger charge is -2.15. The van der Waals surface area contributed by atoms with Gasteiger partial charge in [-0.3, -0.25) is 14.5 Å². The van der Waals surface area contributed by atoms with E-state index in [1.54, 1.807) is 24.3 Å². The summed E-state index contributed by atoms with van der Waals surface area (Å²) in [5.74, 6) is 0.787. The number of nitrogens with one attached hydrogen (secondary N) is 2. The van der Waals surface area contributed by atoms with Gasteiger partial charge in [-0.05, 0) is 24.5 Å². The second kappa shape index (κ2) is 8.99. The van der Waals surface area contributed by atoms with Crippen LogP contribution in [0.5, 0.6) is 0 Å². The van der Waals surface area contributed by atoms with Crippen LogP contribution in [0.1, 0.15) is 51.5 Å². The fraction of sp³-hybridized carbons (Fsp3) is 0.556. The molecular formula is C18H27N3O3S. The maximum atomic E-state index is 12.0. The molecule has 0 saturated heterocycles. The van der Waals surface area contributed by atoms with Crippen molar-refractivity contribution in [1.82, 2.24) is 10.0 Å². The summed E-state index contributed by atoms with van der Waals surface area (Å²) >= 11 is 0. The van der Waals surface area contributed by atoms with Gasteiger partial charge in [0.25, 0.3) is 10.0 Å². The largest absolute Gasteiger partial charge is 0.356 e. The molecule has 2 rings (SSSR count). The maximum Gasteiger partial charge on any atom is 0.263 e. The van der Waals surface area contributed by atoms with Gasteiger partial charge in [0.05, 0.1) is 11.4 Å². The third-order valence-electron chi connectivity index (χ3n) is 4.40. The fourth-order valence-electron chi connectivity index (χ4n) is 2.81. The Hall–Kier alpha value is -1.89. The zero-order valence-corrected chi connectivity index (χ0v) is 15.7. The summed E-state index contributed by atoms with van der Waals surface area (Å²) in [4.78, 5) is 16.5. The molecule has 1 atom stereocenters. The minimum atomic E-state index is -3.52. The highest BCUT2D eigenvalue weighted by atomic mass is 32.2. The molecule has 1 aromatic rings. The first kappa shape index (κ1) is 19.4. The van der Waals surface area contributed by atoms with Crippen molar-refractivity contribution < 1.29 is 13.2 Å². The highest BCUT2D eigenvalue weighted by molar-refractivity contribution is 7.90. The number of rotatable bonds is 9. The van der Waals surface area contributed by atoms with E-state index in [0.29, 0.717) is 23.9 Å². The fourth-order valence-corrected chi connectivity index (χ4v) is 4.06. The molecule has 0 fully saturated rings. The van der Waals surface area contributed by atoms with Gasteiger partial charge in [-0.2, -0.15) is 0 Å². The van der Waals surface area contributed by atoms with Crippen LogP contribution in [0.4, 0.5) is 0 Å². The topological polar surface area (TPSA) is 87.6 Å². The number of benzene rings is 1. The number of fused-ring (bicyclic) bond motifs is 1. The van der Waals surface area contributed by atoms with Gasteiger partial charge in [0.15, 0.2) is 0 Å². The number of nitrogens with zero attached hydrogens (tertiary/aromatic N) is 1. The lowest BCUT2D eigenvalue weighted by atomic mass is 9.99. The normalized spacial score (nSPS) is 17.8. The van der Waals surface area contributed by atoms with Crippen molar-refractivity contribution >= 4 is 21.8 Å². The highest BCUT2D eigenvalue weighted by Gasteiger charge is 2.29. The van der Waals surface area contributed by atoms with Crippen LogP contribution in [0, 0.1) is 5.92 Å². The number of sulfonamides is 1. The monoisotopic (exact) mass is 365 g/mol. The van der Waals surface area contributed by atoms with Crippen molar-refractivity contribution in [2.24, 2.45) is 10.9 Å². The summed E-state index contributed by atoms with van der Waals surface area (Å²) in [5.41, 5.74) is 0.563. The van der Waals surface area contributed by atoms with Crippen LogP contribution in [-0.4, -0.2) is 33.3 Å². The van der Waals surface area contributed by atoms with Gasteiger partial charge in [-0.1, -0.05) is 45.2 Å². The molecule has 1 aliphatic rings. The van der Waals surface area contributed by atoms with Crippen LogP contribution in [0.25, 0.3) is 0 Å². The quantitative estimate of drug-likeness (QED) is 0.704. The smallest absolute Gasteiger partial charge is 0.263 e. The Morgan fingerprint density at radius 3 is 2.76 bits per heavy atom. The van der Waals surface area contributed by atoms with E-state index in [0.717, 1.165) is 12.8 Å². The first-order valence-corrected chi connectivity index (χ1v) is 10.4. The van der Waals surface area contributed by atoms with Gasteiger partial charge in [0.1, 0.15) is 5.84 Å². The second-order valence-corrected chi connectivity index (χ2v) is 7.95. The Kier molecular flexibility index (Phi) is 6.99. The van der Waals surface area contributed by atoms with Crippen LogP contribution in [0.3, 0.4) is 0 Å². The zero-order valence-electron chi connectivity index (χ0n) is 14.9. The Bertz CT molecular complexity index is 729. The number of aliphatic imine (C=N–C) groups is 1. The van der Waals surface area contributed by atoms with E-state index >= 15 is 0 Å². The lowest BCUT2D eigenvalue weighted by molar-refractivity contribution is -0.121. The van der Waals surface area contributed by atoms with Crippen LogP contribution >= 0.6 is 0 Å². The van der Waals surface area contributed by atoms with Crippen molar-refractivity contribution in [3.05, 3.63) is 29.8 Å². The Balaban J connectivity index is 1.84. The van der Waals surface area contributed by atoms with E-state index in [-0.39, 0.29) is 23.8 Å². The third-order valence-corrected chi connectivity index (χ3v) is 5.80. The number of unbranched alkanes of at least 4 members (excludes halogenated alkanes) is 1. The van der Waals surface area contributed by atoms with Crippen molar-refractivity contribution in [3.8, 4) is 0 Å². The number of amidine groups is 1. The Labute approximate surface area is 150 Å². The molecule has 0 radical (unpaired) electrons. The summed E-state index contributed by atoms with van der Waals surface area (Å²) < 4.78 is 26.4. The van der Waals surface area contributed by atoms with E-state index in [2.05, 4.69) is 28.9 Å². The SMILES string of the molecule is CCCCC(CC)CNC(=O)CCN=C1NS(=O)(=O)c2ccccc21. The number of hydrogen-bond donors (Lipinski definition) is 2. The second-order valence-electron chi connectivity index (χ2n) is 6.30. The summed E-state index contributed by atoms with van der Waals surface area (Å²) in [7, 11) is -3.52. The molecule has 0 bridgehead atoms. The van der Waals surface area contributed by atoms with E-state index in [1.807, 2.05) is 0 Å². The average molecular weight is 365 g/mol. The molecule has 25 heavy (non-hydrogen) atoms. The summed E-state index contributed by atoms with van der Waals surface area (Å²) in [5, 5.41) is 2.96. The first-order valence-electron chi connectivity index (χ1n) is 8.91. The van der Waals surface area contributed by atoms with Crippen LogP contribution in [-0.2, 0) is 14.8 Å². The molecule has 2 N–H and O–H groups in total.